The quantitative estimate of drug-likeness (QED) is 0.425. The van der Waals surface area contributed by atoms with Gasteiger partial charge in [-0.3, -0.25) is 14.9 Å². The first-order valence-corrected chi connectivity index (χ1v) is 5.73. The number of carbonyl (C=O) groups excluding carboxylic acids is 1. The molecular weight excluding hydrogens is 266 g/mol. The molecule has 0 saturated carbocycles. The fourth-order valence-electron chi connectivity index (χ4n) is 1.38. The Morgan fingerprint density at radius 3 is 2.90 bits per heavy atom. The van der Waals surface area contributed by atoms with Crippen molar-refractivity contribution in [1.29, 1.82) is 5.26 Å². The molecule has 0 saturated heterocycles. The van der Waals surface area contributed by atoms with E-state index in [0.717, 1.165) is 0 Å². The molecule has 8 nitrogen and oxygen atoms in total. The Morgan fingerprint density at radius 1 is 1.55 bits per heavy atom. The molecule has 1 aromatic carbocycles. The van der Waals surface area contributed by atoms with E-state index in [1.807, 2.05) is 6.07 Å². The third kappa shape index (κ3) is 4.55. The normalized spacial score (nSPS) is 9.60. The molecule has 1 aromatic rings. The molecule has 0 radical (unpaired) electrons. The second kappa shape index (κ2) is 7.70. The van der Waals surface area contributed by atoms with Gasteiger partial charge >= 0.3 is 5.69 Å². The van der Waals surface area contributed by atoms with Crippen LogP contribution in [-0.4, -0.2) is 29.1 Å². The van der Waals surface area contributed by atoms with Crippen molar-refractivity contribution in [3.63, 3.8) is 0 Å². The van der Waals surface area contributed by atoms with Crippen molar-refractivity contribution >= 4 is 11.6 Å². The molecule has 0 spiro atoms. The van der Waals surface area contributed by atoms with Crippen molar-refractivity contribution in [2.24, 2.45) is 0 Å². The molecule has 0 fully saturated rings. The fraction of sp³-hybridized carbons (Fsp3) is 0.333. The largest absolute Gasteiger partial charge is 0.477 e. The van der Waals surface area contributed by atoms with Crippen molar-refractivity contribution in [3.05, 3.63) is 33.9 Å². The van der Waals surface area contributed by atoms with Crippen LogP contribution in [0.3, 0.4) is 0 Å². The van der Waals surface area contributed by atoms with Crippen LogP contribution in [0.4, 0.5) is 5.69 Å². The van der Waals surface area contributed by atoms with Crippen LogP contribution in [0.5, 0.6) is 5.75 Å². The van der Waals surface area contributed by atoms with Gasteiger partial charge in [0, 0.05) is 12.6 Å². The number of nitriles is 1. The zero-order valence-electron chi connectivity index (χ0n) is 10.5. The van der Waals surface area contributed by atoms with Gasteiger partial charge in [0.05, 0.1) is 24.0 Å². The Morgan fingerprint density at radius 2 is 2.30 bits per heavy atom. The number of hydrogen-bond acceptors (Lipinski definition) is 6. The van der Waals surface area contributed by atoms with Crippen LogP contribution in [0.1, 0.15) is 12.0 Å². The standard InChI is InChI=1S/C12H13N3O5/c13-4-1-5-14-12(17)8-20-11-6-9(7-16)2-3-10(11)15(18)19/h2-3,6,16H,1,5,7-8H2,(H,14,17). The van der Waals surface area contributed by atoms with Gasteiger partial charge in [0.1, 0.15) is 0 Å². The van der Waals surface area contributed by atoms with Gasteiger partial charge in [-0.15, -0.1) is 0 Å². The minimum absolute atomic E-state index is 0.0861. The first-order chi connectivity index (χ1) is 9.58. The van der Waals surface area contributed by atoms with Crippen LogP contribution >= 0.6 is 0 Å². The van der Waals surface area contributed by atoms with Crippen LogP contribution in [0.2, 0.25) is 0 Å². The number of ether oxygens (including phenoxy) is 1. The monoisotopic (exact) mass is 279 g/mol. The summed E-state index contributed by atoms with van der Waals surface area (Å²) in [6, 6.07) is 5.77. The Hall–Kier alpha value is -2.66. The predicted molar refractivity (Wildman–Crippen MR) is 67.8 cm³/mol. The fourth-order valence-corrected chi connectivity index (χ4v) is 1.38. The number of carbonyl (C=O) groups is 1. The molecule has 1 amide bonds. The SMILES string of the molecule is N#CCCNC(=O)COc1cc(CO)ccc1[N+](=O)[O-]. The van der Waals surface area contributed by atoms with Crippen LogP contribution < -0.4 is 10.1 Å². The maximum atomic E-state index is 11.4. The van der Waals surface area contributed by atoms with Crippen molar-refractivity contribution in [3.8, 4) is 11.8 Å². The molecule has 0 heterocycles. The second-order valence-corrected chi connectivity index (χ2v) is 3.76. The number of nitro groups is 1. The summed E-state index contributed by atoms with van der Waals surface area (Å²) in [6.45, 7) is -0.499. The Balaban J connectivity index is 2.68. The third-order valence-electron chi connectivity index (χ3n) is 2.32. The average Bonchev–Trinajstić information content (AvgIpc) is 2.44. The molecule has 0 aromatic heterocycles. The number of nitro benzene ring substituents is 1. The summed E-state index contributed by atoms with van der Waals surface area (Å²) in [4.78, 5) is 21.5. The van der Waals surface area contributed by atoms with Gasteiger partial charge in [0.25, 0.3) is 5.91 Å². The molecule has 2 N–H and O–H groups in total. The molecule has 20 heavy (non-hydrogen) atoms. The summed E-state index contributed by atoms with van der Waals surface area (Å²) in [5.74, 6) is -0.569. The van der Waals surface area contributed by atoms with E-state index in [1.54, 1.807) is 0 Å². The zero-order chi connectivity index (χ0) is 15.0. The molecule has 1 rings (SSSR count). The summed E-state index contributed by atoms with van der Waals surface area (Å²) < 4.78 is 5.09. The lowest BCUT2D eigenvalue weighted by molar-refractivity contribution is -0.385. The first kappa shape index (κ1) is 15.4. The summed E-state index contributed by atoms with van der Waals surface area (Å²) in [7, 11) is 0. The van der Waals surface area contributed by atoms with Gasteiger partial charge in [-0.25, -0.2) is 0 Å². The Bertz CT molecular complexity index is 538. The van der Waals surface area contributed by atoms with Crippen LogP contribution in [-0.2, 0) is 11.4 Å². The topological polar surface area (TPSA) is 125 Å². The summed E-state index contributed by atoms with van der Waals surface area (Å²) >= 11 is 0. The van der Waals surface area contributed by atoms with Gasteiger partial charge in [-0.1, -0.05) is 0 Å². The number of amides is 1. The summed E-state index contributed by atoms with van der Waals surface area (Å²) in [5.41, 5.74) is 0.155. The molecule has 106 valence electrons. The predicted octanol–water partition coefficient (Wildman–Crippen LogP) is 0.496. The molecule has 0 bridgehead atoms. The van der Waals surface area contributed by atoms with E-state index in [0.29, 0.717) is 5.56 Å². The van der Waals surface area contributed by atoms with E-state index in [4.69, 9.17) is 15.1 Å². The van der Waals surface area contributed by atoms with E-state index in [9.17, 15) is 14.9 Å². The van der Waals surface area contributed by atoms with Gasteiger partial charge in [0.15, 0.2) is 12.4 Å². The lowest BCUT2D eigenvalue weighted by atomic mass is 10.2. The Labute approximate surface area is 114 Å². The second-order valence-electron chi connectivity index (χ2n) is 3.76. The maximum absolute atomic E-state index is 11.4. The minimum Gasteiger partial charge on any atom is -0.477 e. The van der Waals surface area contributed by atoms with Crippen LogP contribution in [0.15, 0.2) is 18.2 Å². The highest BCUT2D eigenvalue weighted by Gasteiger charge is 2.16. The third-order valence-corrected chi connectivity index (χ3v) is 2.32. The summed E-state index contributed by atoms with van der Waals surface area (Å²) in [6.07, 6.45) is 0.173. The molecular formula is C12H13N3O5. The first-order valence-electron chi connectivity index (χ1n) is 5.73. The smallest absolute Gasteiger partial charge is 0.310 e. The number of rotatable bonds is 7. The number of benzene rings is 1. The highest BCUT2D eigenvalue weighted by atomic mass is 16.6. The highest BCUT2D eigenvalue weighted by molar-refractivity contribution is 5.77. The van der Waals surface area contributed by atoms with Gasteiger partial charge in [-0.2, -0.15) is 5.26 Å². The van der Waals surface area contributed by atoms with Crippen LogP contribution in [0, 0.1) is 21.4 Å². The van der Waals surface area contributed by atoms with Crippen LogP contribution in [0.25, 0.3) is 0 Å². The summed E-state index contributed by atoms with van der Waals surface area (Å²) in [5, 5.41) is 30.5. The molecule has 0 unspecified atom stereocenters. The van der Waals surface area contributed by atoms with E-state index in [2.05, 4.69) is 5.32 Å². The lowest BCUT2D eigenvalue weighted by Gasteiger charge is -2.08. The van der Waals surface area contributed by atoms with E-state index in [-0.39, 0.29) is 31.0 Å². The lowest BCUT2D eigenvalue weighted by Crippen LogP contribution is -2.29. The van der Waals surface area contributed by atoms with Crippen molar-refractivity contribution in [2.45, 2.75) is 13.0 Å². The average molecular weight is 279 g/mol. The molecule has 0 aliphatic carbocycles. The van der Waals surface area contributed by atoms with E-state index < -0.39 is 17.4 Å². The van der Waals surface area contributed by atoms with E-state index >= 15 is 0 Å². The molecule has 0 aliphatic heterocycles. The van der Waals surface area contributed by atoms with Gasteiger partial charge < -0.3 is 15.2 Å². The maximum Gasteiger partial charge on any atom is 0.310 e. The Kier molecular flexibility index (Phi) is 5.93. The van der Waals surface area contributed by atoms with Gasteiger partial charge in [-0.05, 0) is 17.7 Å². The van der Waals surface area contributed by atoms with E-state index in [1.165, 1.54) is 18.2 Å². The van der Waals surface area contributed by atoms with Crippen molar-refractivity contribution < 1.29 is 19.6 Å². The molecule has 8 heteroatoms. The van der Waals surface area contributed by atoms with Crippen molar-refractivity contribution in [1.82, 2.24) is 5.32 Å². The molecule has 0 aliphatic rings. The molecule has 0 atom stereocenters. The zero-order valence-corrected chi connectivity index (χ0v) is 10.5. The number of hydrogen-bond donors (Lipinski definition) is 2. The number of aliphatic hydroxyl groups excluding tert-OH is 1. The number of aliphatic hydroxyl groups is 1. The number of nitrogens with one attached hydrogen (secondary N) is 1. The van der Waals surface area contributed by atoms with Crippen molar-refractivity contribution in [2.75, 3.05) is 13.2 Å². The number of nitrogens with zero attached hydrogens (tertiary/aromatic N) is 2. The van der Waals surface area contributed by atoms with Gasteiger partial charge in [0.2, 0.25) is 0 Å². The minimum atomic E-state index is -0.635. The highest BCUT2D eigenvalue weighted by Crippen LogP contribution is 2.27.